The van der Waals surface area contributed by atoms with Crippen molar-refractivity contribution < 1.29 is 4.52 Å². The molecular formula is C15H17N5O. The van der Waals surface area contributed by atoms with Crippen molar-refractivity contribution in [3.8, 4) is 5.69 Å². The SMILES string of the molecule is CCc1nc(CNc2cn(-c3ccccc3)nc2C)no1. The van der Waals surface area contributed by atoms with Gasteiger partial charge in [0.1, 0.15) is 0 Å². The molecule has 3 aromatic rings. The number of nitrogens with one attached hydrogen (secondary N) is 1. The predicted octanol–water partition coefficient (Wildman–Crippen LogP) is 2.74. The van der Waals surface area contributed by atoms with Gasteiger partial charge in [0, 0.05) is 6.42 Å². The molecule has 0 aliphatic heterocycles. The second kappa shape index (κ2) is 5.78. The van der Waals surface area contributed by atoms with Gasteiger partial charge in [0.2, 0.25) is 5.89 Å². The minimum absolute atomic E-state index is 0.519. The van der Waals surface area contributed by atoms with Crippen molar-refractivity contribution in [3.63, 3.8) is 0 Å². The molecule has 0 aliphatic rings. The number of hydrogen-bond acceptors (Lipinski definition) is 5. The first-order valence-corrected chi connectivity index (χ1v) is 6.93. The summed E-state index contributed by atoms with van der Waals surface area (Å²) in [5.41, 5.74) is 2.92. The summed E-state index contributed by atoms with van der Waals surface area (Å²) in [7, 11) is 0. The first kappa shape index (κ1) is 13.4. The molecule has 2 heterocycles. The third-order valence-electron chi connectivity index (χ3n) is 3.17. The number of rotatable bonds is 5. The number of para-hydroxylation sites is 1. The molecule has 0 bridgehead atoms. The Morgan fingerprint density at radius 3 is 2.76 bits per heavy atom. The maximum Gasteiger partial charge on any atom is 0.226 e. The van der Waals surface area contributed by atoms with Crippen molar-refractivity contribution >= 4 is 5.69 Å². The van der Waals surface area contributed by atoms with Gasteiger partial charge in [0.15, 0.2) is 5.82 Å². The molecule has 0 spiro atoms. The van der Waals surface area contributed by atoms with Crippen molar-refractivity contribution in [2.75, 3.05) is 5.32 Å². The second-order valence-corrected chi connectivity index (χ2v) is 4.72. The van der Waals surface area contributed by atoms with E-state index in [1.54, 1.807) is 0 Å². The first-order valence-electron chi connectivity index (χ1n) is 6.93. The van der Waals surface area contributed by atoms with Gasteiger partial charge in [-0.05, 0) is 19.1 Å². The lowest BCUT2D eigenvalue weighted by Crippen LogP contribution is -2.01. The van der Waals surface area contributed by atoms with Gasteiger partial charge in [0.25, 0.3) is 0 Å². The molecular weight excluding hydrogens is 266 g/mol. The summed E-state index contributed by atoms with van der Waals surface area (Å²) in [4.78, 5) is 4.27. The van der Waals surface area contributed by atoms with Gasteiger partial charge >= 0.3 is 0 Å². The molecule has 0 fully saturated rings. The summed E-state index contributed by atoms with van der Waals surface area (Å²) in [5.74, 6) is 1.31. The molecule has 0 radical (unpaired) electrons. The zero-order chi connectivity index (χ0) is 14.7. The normalized spacial score (nSPS) is 10.8. The highest BCUT2D eigenvalue weighted by Gasteiger charge is 2.08. The molecule has 0 unspecified atom stereocenters. The van der Waals surface area contributed by atoms with E-state index in [1.165, 1.54) is 0 Å². The van der Waals surface area contributed by atoms with Crippen LogP contribution in [0.3, 0.4) is 0 Å². The number of nitrogens with zero attached hydrogens (tertiary/aromatic N) is 4. The van der Waals surface area contributed by atoms with Crippen LogP contribution < -0.4 is 5.32 Å². The highest BCUT2D eigenvalue weighted by molar-refractivity contribution is 5.48. The molecule has 0 aliphatic carbocycles. The predicted molar refractivity (Wildman–Crippen MR) is 79.3 cm³/mol. The van der Waals surface area contributed by atoms with Crippen LogP contribution >= 0.6 is 0 Å². The summed E-state index contributed by atoms with van der Waals surface area (Å²) in [6, 6.07) is 10.0. The Labute approximate surface area is 122 Å². The lowest BCUT2D eigenvalue weighted by molar-refractivity contribution is 0.377. The molecule has 6 heteroatoms. The Morgan fingerprint density at radius 2 is 2.05 bits per heavy atom. The highest BCUT2D eigenvalue weighted by atomic mass is 16.5. The minimum atomic E-state index is 0.519. The van der Waals surface area contributed by atoms with Crippen molar-refractivity contribution in [2.45, 2.75) is 26.8 Å². The highest BCUT2D eigenvalue weighted by Crippen LogP contribution is 2.16. The van der Waals surface area contributed by atoms with E-state index in [9.17, 15) is 0 Å². The summed E-state index contributed by atoms with van der Waals surface area (Å²) < 4.78 is 6.94. The number of hydrogen-bond donors (Lipinski definition) is 1. The average molecular weight is 283 g/mol. The van der Waals surface area contributed by atoms with E-state index in [1.807, 2.05) is 55.1 Å². The standard InChI is InChI=1S/C15H17N5O/c1-3-15-17-14(19-21-15)9-16-13-10-20(18-11(13)2)12-7-5-4-6-8-12/h4-8,10,16H,3,9H2,1-2H3. The molecule has 0 amide bonds. The Balaban J connectivity index is 1.73. The molecule has 0 atom stereocenters. The van der Waals surface area contributed by atoms with Crippen molar-refractivity contribution in [2.24, 2.45) is 0 Å². The van der Waals surface area contributed by atoms with Gasteiger partial charge in [-0.2, -0.15) is 10.1 Å². The van der Waals surface area contributed by atoms with E-state index >= 15 is 0 Å². The average Bonchev–Trinajstić information content (AvgIpc) is 3.12. The van der Waals surface area contributed by atoms with Gasteiger partial charge in [-0.3, -0.25) is 0 Å². The van der Waals surface area contributed by atoms with E-state index in [4.69, 9.17) is 4.52 Å². The number of benzene rings is 1. The van der Waals surface area contributed by atoms with Crippen LogP contribution in [0.4, 0.5) is 5.69 Å². The topological polar surface area (TPSA) is 68.8 Å². The minimum Gasteiger partial charge on any atom is -0.375 e. The molecule has 1 aromatic carbocycles. The number of aromatic nitrogens is 4. The van der Waals surface area contributed by atoms with E-state index in [-0.39, 0.29) is 0 Å². The fraction of sp³-hybridized carbons (Fsp3) is 0.267. The maximum absolute atomic E-state index is 5.09. The largest absolute Gasteiger partial charge is 0.375 e. The van der Waals surface area contributed by atoms with Gasteiger partial charge in [0.05, 0.1) is 29.8 Å². The van der Waals surface area contributed by atoms with Gasteiger partial charge in [-0.25, -0.2) is 4.68 Å². The zero-order valence-corrected chi connectivity index (χ0v) is 12.1. The maximum atomic E-state index is 5.09. The van der Waals surface area contributed by atoms with Gasteiger partial charge in [-0.15, -0.1) is 0 Å². The molecule has 1 N–H and O–H groups in total. The van der Waals surface area contributed by atoms with Crippen molar-refractivity contribution in [1.29, 1.82) is 0 Å². The zero-order valence-electron chi connectivity index (χ0n) is 12.1. The molecule has 0 saturated heterocycles. The smallest absolute Gasteiger partial charge is 0.226 e. The fourth-order valence-corrected chi connectivity index (χ4v) is 2.03. The van der Waals surface area contributed by atoms with Gasteiger partial charge < -0.3 is 9.84 Å². The van der Waals surface area contributed by atoms with E-state index < -0.39 is 0 Å². The lowest BCUT2D eigenvalue weighted by Gasteiger charge is -2.00. The molecule has 108 valence electrons. The number of anilines is 1. The van der Waals surface area contributed by atoms with Crippen LogP contribution in [0.25, 0.3) is 5.69 Å². The van der Waals surface area contributed by atoms with E-state index in [0.29, 0.717) is 18.3 Å². The van der Waals surface area contributed by atoms with Gasteiger partial charge in [-0.1, -0.05) is 30.3 Å². The van der Waals surface area contributed by atoms with Crippen LogP contribution in [0.1, 0.15) is 24.3 Å². The monoisotopic (exact) mass is 283 g/mol. The summed E-state index contributed by atoms with van der Waals surface area (Å²) in [6.45, 7) is 4.47. The Morgan fingerprint density at radius 1 is 1.24 bits per heavy atom. The van der Waals surface area contributed by atoms with Crippen LogP contribution in [0.5, 0.6) is 0 Å². The first-order chi connectivity index (χ1) is 10.3. The van der Waals surface area contributed by atoms with E-state index in [2.05, 4.69) is 20.6 Å². The third kappa shape index (κ3) is 2.94. The quantitative estimate of drug-likeness (QED) is 0.779. The van der Waals surface area contributed by atoms with Crippen molar-refractivity contribution in [1.82, 2.24) is 19.9 Å². The molecule has 6 nitrogen and oxygen atoms in total. The van der Waals surface area contributed by atoms with Crippen LogP contribution in [0.15, 0.2) is 41.1 Å². The molecule has 2 aromatic heterocycles. The summed E-state index contributed by atoms with van der Waals surface area (Å²) in [5, 5.41) is 11.7. The molecule has 3 rings (SSSR count). The Kier molecular flexibility index (Phi) is 3.68. The molecule has 0 saturated carbocycles. The number of aryl methyl sites for hydroxylation is 2. The van der Waals surface area contributed by atoms with Crippen LogP contribution in [-0.4, -0.2) is 19.9 Å². The van der Waals surface area contributed by atoms with Crippen LogP contribution in [0.2, 0.25) is 0 Å². The summed E-state index contributed by atoms with van der Waals surface area (Å²) in [6.07, 6.45) is 2.71. The summed E-state index contributed by atoms with van der Waals surface area (Å²) >= 11 is 0. The van der Waals surface area contributed by atoms with Crippen LogP contribution in [-0.2, 0) is 13.0 Å². The van der Waals surface area contributed by atoms with Crippen LogP contribution in [0, 0.1) is 6.92 Å². The Bertz CT molecular complexity index is 717. The fourth-order valence-electron chi connectivity index (χ4n) is 2.03. The second-order valence-electron chi connectivity index (χ2n) is 4.72. The van der Waals surface area contributed by atoms with Crippen molar-refractivity contribution in [3.05, 3.63) is 53.9 Å². The molecule has 21 heavy (non-hydrogen) atoms. The lowest BCUT2D eigenvalue weighted by atomic mass is 10.3. The Hall–Kier alpha value is -2.63. The third-order valence-corrected chi connectivity index (χ3v) is 3.17. The van der Waals surface area contributed by atoms with E-state index in [0.717, 1.165) is 23.5 Å².